The fourth-order valence-corrected chi connectivity index (χ4v) is 10.1. The number of hydrogen-bond acceptors (Lipinski definition) is 15. The highest BCUT2D eigenvalue weighted by Crippen LogP contribution is 2.42. The van der Waals surface area contributed by atoms with Crippen LogP contribution in [0.15, 0.2) is 42.6 Å². The number of para-hydroxylation sites is 1. The number of esters is 1. The molecular weight excluding hydrogens is 825 g/mol. The Labute approximate surface area is 379 Å². The second-order valence-corrected chi connectivity index (χ2v) is 19.6. The SMILES string of the molecule is CC[C@H]1OC(=O)[C@H](C)[C@@H](O[C@H]2C[C@@](C)(OC)[C@@H](O)[C@H](C)O2)[C@H](C)[C@@H](O[C@@H]2O[C@H](C)C[C@H](N(C)C)[C@H]2O)[C@@](C)(OC/C=C/c2cnc3ccccc3c2)C[C@@H](C)C(=O)[C@H](C)[C@@H](O)[C@]1(C)O. The molecule has 1 aromatic carbocycles. The van der Waals surface area contributed by atoms with Gasteiger partial charge in [-0.25, -0.2) is 0 Å². The van der Waals surface area contributed by atoms with Crippen molar-refractivity contribution in [1.82, 2.24) is 9.88 Å². The molecule has 3 aliphatic rings. The van der Waals surface area contributed by atoms with Crippen LogP contribution in [0.25, 0.3) is 17.0 Å². The highest BCUT2D eigenvalue weighted by Gasteiger charge is 2.54. The molecule has 1 aromatic heterocycles. The Kier molecular flexibility index (Phi) is 17.4. The maximum atomic E-state index is 14.5. The Morgan fingerprint density at radius 3 is 2.27 bits per heavy atom. The van der Waals surface area contributed by atoms with Crippen LogP contribution < -0.4 is 0 Å². The van der Waals surface area contributed by atoms with E-state index in [4.69, 9.17) is 33.2 Å². The molecule has 0 radical (unpaired) electrons. The van der Waals surface area contributed by atoms with E-state index in [0.717, 1.165) is 16.5 Å². The van der Waals surface area contributed by atoms with Gasteiger partial charge in [-0.05, 0) is 92.6 Å². The number of benzene rings is 1. The van der Waals surface area contributed by atoms with Gasteiger partial charge in [0.05, 0.1) is 59.8 Å². The zero-order chi connectivity index (χ0) is 47.5. The number of nitrogens with zero attached hydrogens (tertiary/aromatic N) is 2. The third-order valence-electron chi connectivity index (χ3n) is 14.2. The fourth-order valence-electron chi connectivity index (χ4n) is 10.1. The van der Waals surface area contributed by atoms with Gasteiger partial charge in [-0.1, -0.05) is 58.0 Å². The van der Waals surface area contributed by atoms with Gasteiger partial charge in [0.15, 0.2) is 12.6 Å². The van der Waals surface area contributed by atoms with Crippen molar-refractivity contribution in [3.8, 4) is 0 Å². The van der Waals surface area contributed by atoms with Gasteiger partial charge in [-0.15, -0.1) is 0 Å². The molecule has 64 heavy (non-hydrogen) atoms. The van der Waals surface area contributed by atoms with Gasteiger partial charge < -0.3 is 58.5 Å². The van der Waals surface area contributed by atoms with Crippen molar-refractivity contribution < 1.29 is 63.2 Å². The highest BCUT2D eigenvalue weighted by molar-refractivity contribution is 5.83. The molecule has 5 rings (SSSR count). The lowest BCUT2D eigenvalue weighted by atomic mass is 9.73. The minimum atomic E-state index is -2.01. The predicted octanol–water partition coefficient (Wildman–Crippen LogP) is 5.07. The number of rotatable bonds is 11. The van der Waals surface area contributed by atoms with Crippen LogP contribution in [0, 0.1) is 23.7 Å². The molecule has 4 N–H and O–H groups in total. The zero-order valence-electron chi connectivity index (χ0n) is 40.2. The number of hydrogen-bond donors (Lipinski definition) is 4. The Balaban J connectivity index is 1.65. The Hall–Kier alpha value is -2.93. The topological polar surface area (TPSA) is 196 Å². The molecule has 0 unspecified atom stereocenters. The summed E-state index contributed by atoms with van der Waals surface area (Å²) in [5, 5.41) is 47.6. The lowest BCUT2D eigenvalue weighted by Crippen LogP contribution is -2.61. The van der Waals surface area contributed by atoms with Gasteiger partial charge in [0.1, 0.15) is 29.7 Å². The normalized spacial score (nSPS) is 42.2. The molecule has 3 aliphatic heterocycles. The smallest absolute Gasteiger partial charge is 0.311 e. The first-order valence-corrected chi connectivity index (χ1v) is 23.0. The summed E-state index contributed by atoms with van der Waals surface area (Å²) in [6.07, 6.45) is -3.84. The first kappa shape index (κ1) is 52.0. The van der Waals surface area contributed by atoms with E-state index < -0.39 is 102 Å². The summed E-state index contributed by atoms with van der Waals surface area (Å²) >= 11 is 0. The Bertz CT molecular complexity index is 1900. The first-order valence-electron chi connectivity index (χ1n) is 23.0. The molecule has 3 saturated heterocycles. The molecule has 0 amide bonds. The third-order valence-corrected chi connectivity index (χ3v) is 14.2. The van der Waals surface area contributed by atoms with Crippen molar-refractivity contribution in [3.63, 3.8) is 0 Å². The van der Waals surface area contributed by atoms with Crippen LogP contribution in [0.5, 0.6) is 0 Å². The van der Waals surface area contributed by atoms with Crippen LogP contribution in [-0.4, -0.2) is 154 Å². The average molecular weight is 901 g/mol. The summed E-state index contributed by atoms with van der Waals surface area (Å²) in [6.45, 7) is 17.2. The number of carbonyl (C=O) groups excluding carboxylic acids is 2. The summed E-state index contributed by atoms with van der Waals surface area (Å²) in [5.74, 6) is -4.77. The second kappa shape index (κ2) is 21.4. The minimum Gasteiger partial charge on any atom is -0.459 e. The molecule has 2 aromatic rings. The van der Waals surface area contributed by atoms with Gasteiger partial charge >= 0.3 is 5.97 Å². The van der Waals surface area contributed by atoms with Crippen molar-refractivity contribution in [2.24, 2.45) is 23.7 Å². The van der Waals surface area contributed by atoms with Crippen molar-refractivity contribution >= 4 is 28.7 Å². The number of methoxy groups -OCH3 is 1. The molecule has 18 atom stereocenters. The van der Waals surface area contributed by atoms with E-state index in [-0.39, 0.29) is 43.8 Å². The van der Waals surface area contributed by atoms with Gasteiger partial charge in [0.2, 0.25) is 0 Å². The number of cyclic esters (lactones) is 1. The molecule has 0 aliphatic carbocycles. The lowest BCUT2D eigenvalue weighted by molar-refractivity contribution is -0.320. The van der Waals surface area contributed by atoms with Crippen LogP contribution in [0.4, 0.5) is 0 Å². The van der Waals surface area contributed by atoms with E-state index in [9.17, 15) is 30.0 Å². The number of likely N-dealkylation sites (N-methyl/N-ethyl adjacent to an activating group) is 1. The Morgan fingerprint density at radius 1 is 0.922 bits per heavy atom. The second-order valence-electron chi connectivity index (χ2n) is 19.6. The molecule has 15 heteroatoms. The van der Waals surface area contributed by atoms with Crippen molar-refractivity contribution in [2.45, 2.75) is 179 Å². The lowest BCUT2D eigenvalue weighted by Gasteiger charge is -2.50. The predicted molar refractivity (Wildman–Crippen MR) is 241 cm³/mol. The number of Topliss-reactive ketones (excluding diaryl/α,β-unsaturated/α-hetero) is 1. The monoisotopic (exact) mass is 901 g/mol. The Morgan fingerprint density at radius 2 is 1.61 bits per heavy atom. The summed E-state index contributed by atoms with van der Waals surface area (Å²) in [7, 11) is 5.27. The van der Waals surface area contributed by atoms with Crippen molar-refractivity contribution in [3.05, 3.63) is 48.2 Å². The molecule has 4 heterocycles. The highest BCUT2D eigenvalue weighted by atomic mass is 16.7. The van der Waals surface area contributed by atoms with Crippen molar-refractivity contribution in [2.75, 3.05) is 27.8 Å². The van der Waals surface area contributed by atoms with Gasteiger partial charge in [-0.3, -0.25) is 14.6 Å². The third kappa shape index (κ3) is 11.4. The number of pyridine rings is 1. The molecule has 0 spiro atoms. The summed E-state index contributed by atoms with van der Waals surface area (Å²) < 4.78 is 45.4. The molecule has 0 saturated carbocycles. The van der Waals surface area contributed by atoms with Crippen LogP contribution in [-0.2, 0) is 42.7 Å². The summed E-state index contributed by atoms with van der Waals surface area (Å²) in [4.78, 5) is 35.5. The van der Waals surface area contributed by atoms with Crippen LogP contribution in [0.3, 0.4) is 0 Å². The van der Waals surface area contributed by atoms with Crippen LogP contribution >= 0.6 is 0 Å². The molecule has 3 fully saturated rings. The molecule has 0 bridgehead atoms. The van der Waals surface area contributed by atoms with Crippen molar-refractivity contribution in [1.29, 1.82) is 0 Å². The fraction of sp³-hybridized carbons (Fsp3) is 0.735. The zero-order valence-corrected chi connectivity index (χ0v) is 40.2. The molecular formula is C49H76N2O13. The van der Waals surface area contributed by atoms with E-state index in [0.29, 0.717) is 6.42 Å². The van der Waals surface area contributed by atoms with E-state index >= 15 is 0 Å². The maximum Gasteiger partial charge on any atom is 0.311 e. The van der Waals surface area contributed by atoms with E-state index in [1.54, 1.807) is 47.7 Å². The number of aliphatic hydroxyl groups is 4. The number of aliphatic hydroxyl groups excluding tert-OH is 3. The van der Waals surface area contributed by atoms with Gasteiger partial charge in [0.25, 0.3) is 0 Å². The summed E-state index contributed by atoms with van der Waals surface area (Å²) in [5.41, 5.74) is -2.74. The standard InChI is InChI=1S/C49H76N2O13/c1-14-37-49(10,57)42(54)29(4)39(52)27(2)24-48(9,59-21-17-18-33-23-34-19-15-16-20-35(34)50-26-33)44(64-46-40(53)36(51(11)12)22-28(3)60-46)30(5)41(31(6)45(56)62-37)63-38-25-47(8,58-13)43(55)32(7)61-38/h15-20,23,26-32,36-38,40-44,46,53-55,57H,14,21-22,24-25H2,1-13H3/b18-17+/t27-,28-,29+,30+,31-,32+,36+,37-,38+,40-,41+,42-,43+,44-,46+,47-,48+,49-/m1/s1. The molecule has 15 nitrogen and oxygen atoms in total. The minimum absolute atomic E-state index is 0.0448. The van der Waals surface area contributed by atoms with Crippen LogP contribution in [0.2, 0.25) is 0 Å². The van der Waals surface area contributed by atoms with Gasteiger partial charge in [0, 0.05) is 48.9 Å². The molecule has 360 valence electrons. The van der Waals surface area contributed by atoms with Gasteiger partial charge in [-0.2, -0.15) is 0 Å². The maximum absolute atomic E-state index is 14.5. The number of ether oxygens (including phenoxy) is 7. The number of aromatic nitrogens is 1. The summed E-state index contributed by atoms with van der Waals surface area (Å²) in [6, 6.07) is 9.52. The number of fused-ring (bicyclic) bond motifs is 1. The van der Waals surface area contributed by atoms with E-state index in [1.807, 2.05) is 82.3 Å². The number of ketones is 1. The van der Waals surface area contributed by atoms with E-state index in [1.165, 1.54) is 14.0 Å². The first-order chi connectivity index (χ1) is 30.0. The van der Waals surface area contributed by atoms with E-state index in [2.05, 4.69) is 4.98 Å². The number of carbonyl (C=O) groups is 2. The van der Waals surface area contributed by atoms with Crippen LogP contribution in [0.1, 0.15) is 100 Å². The largest absolute Gasteiger partial charge is 0.459 e. The quantitative estimate of drug-likeness (QED) is 0.218. The average Bonchev–Trinajstić information content (AvgIpc) is 3.26.